The maximum Gasteiger partial charge on any atom is 0.280 e. The van der Waals surface area contributed by atoms with Crippen LogP contribution >= 0.6 is 0 Å². The molecule has 3 rings (SSSR count). The number of hydrogen-bond donors (Lipinski definition) is 2. The minimum absolute atomic E-state index is 0.0950. The lowest BCUT2D eigenvalue weighted by molar-refractivity contribution is 0.145. The van der Waals surface area contributed by atoms with Crippen molar-refractivity contribution in [3.63, 3.8) is 0 Å². The lowest BCUT2D eigenvalue weighted by Crippen LogP contribution is -2.46. The second kappa shape index (κ2) is 6.42. The van der Waals surface area contributed by atoms with Gasteiger partial charge >= 0.3 is 0 Å². The van der Waals surface area contributed by atoms with Gasteiger partial charge in [-0.05, 0) is 70.2 Å². The van der Waals surface area contributed by atoms with Crippen LogP contribution < -0.4 is 10.0 Å². The number of pyridine rings is 1. The number of piperidine rings is 1. The van der Waals surface area contributed by atoms with Gasteiger partial charge in [0.15, 0.2) is 0 Å². The maximum absolute atomic E-state index is 13.0. The molecule has 1 aromatic heterocycles. The van der Waals surface area contributed by atoms with Crippen LogP contribution in [0.3, 0.4) is 0 Å². The molecular formula is C17H25F2N3OS. The number of nitrogens with zero attached hydrogens (tertiary/aromatic N) is 1. The zero-order valence-electron chi connectivity index (χ0n) is 14.4. The van der Waals surface area contributed by atoms with E-state index in [1.165, 1.54) is 6.07 Å². The lowest BCUT2D eigenvalue weighted by atomic mass is 9.74. The van der Waals surface area contributed by atoms with E-state index in [9.17, 15) is 13.0 Å². The Balaban J connectivity index is 1.97. The van der Waals surface area contributed by atoms with Gasteiger partial charge in [-0.25, -0.2) is 17.7 Å². The number of hydrogen-bond acceptors (Lipinski definition) is 3. The molecule has 1 saturated heterocycles. The molecule has 0 radical (unpaired) electrons. The average Bonchev–Trinajstić information content (AvgIpc) is 2.79. The van der Waals surface area contributed by atoms with Crippen molar-refractivity contribution in [1.82, 2.24) is 15.0 Å². The van der Waals surface area contributed by atoms with Gasteiger partial charge in [0.05, 0.1) is 21.8 Å². The van der Waals surface area contributed by atoms with Crippen molar-refractivity contribution in [3.8, 4) is 0 Å². The van der Waals surface area contributed by atoms with Crippen LogP contribution in [0.25, 0.3) is 0 Å². The first-order valence-corrected chi connectivity index (χ1v) is 9.55. The van der Waals surface area contributed by atoms with Crippen molar-refractivity contribution in [2.45, 2.75) is 57.2 Å². The van der Waals surface area contributed by atoms with Crippen LogP contribution in [-0.2, 0) is 17.4 Å². The van der Waals surface area contributed by atoms with Gasteiger partial charge in [0.25, 0.3) is 6.43 Å². The molecule has 1 aliphatic heterocycles. The first kappa shape index (κ1) is 17.9. The summed E-state index contributed by atoms with van der Waals surface area (Å²) in [5, 5.41) is 3.35. The normalized spacial score (nSPS) is 24.3. The number of halogens is 2. The molecule has 1 aromatic rings. The Hall–Kier alpha value is -0.920. The summed E-state index contributed by atoms with van der Waals surface area (Å²) in [6.07, 6.45) is -0.0440. The van der Waals surface area contributed by atoms with Gasteiger partial charge in [0.1, 0.15) is 5.69 Å². The molecule has 1 unspecified atom stereocenters. The Labute approximate surface area is 144 Å². The van der Waals surface area contributed by atoms with E-state index in [2.05, 4.69) is 15.0 Å². The fourth-order valence-electron chi connectivity index (χ4n) is 3.68. The van der Waals surface area contributed by atoms with Gasteiger partial charge in [-0.1, -0.05) is 6.07 Å². The van der Waals surface area contributed by atoms with E-state index in [1.807, 2.05) is 20.8 Å². The number of aromatic nitrogens is 1. The zero-order chi connectivity index (χ0) is 17.5. The molecule has 0 bridgehead atoms. The SMILES string of the molecule is CC(C)(C)S(=O)N[C@@H]1c2ccc(C(F)F)nc2CC12CCNCC2. The number of rotatable bonds is 3. The minimum atomic E-state index is -2.56. The second-order valence-electron chi connectivity index (χ2n) is 7.79. The summed E-state index contributed by atoms with van der Waals surface area (Å²) in [5.74, 6) is 0. The third-order valence-electron chi connectivity index (χ3n) is 5.08. The van der Waals surface area contributed by atoms with Crippen LogP contribution in [-0.4, -0.2) is 27.0 Å². The second-order valence-corrected chi connectivity index (χ2v) is 9.79. The molecule has 24 heavy (non-hydrogen) atoms. The Kier molecular flexibility index (Phi) is 4.79. The van der Waals surface area contributed by atoms with Gasteiger partial charge in [-0.15, -0.1) is 0 Å². The van der Waals surface area contributed by atoms with Crippen LogP contribution in [0, 0.1) is 5.41 Å². The third kappa shape index (κ3) is 3.26. The predicted molar refractivity (Wildman–Crippen MR) is 91.2 cm³/mol. The maximum atomic E-state index is 13.0. The fourth-order valence-corrected chi connectivity index (χ4v) is 4.63. The van der Waals surface area contributed by atoms with E-state index in [0.717, 1.165) is 37.2 Å². The summed E-state index contributed by atoms with van der Waals surface area (Å²) in [6, 6.07) is 3.05. The zero-order valence-corrected chi connectivity index (χ0v) is 15.2. The van der Waals surface area contributed by atoms with Crippen molar-refractivity contribution in [2.24, 2.45) is 5.41 Å². The Bertz CT molecular complexity index is 639. The van der Waals surface area contributed by atoms with Gasteiger partial charge in [-0.3, -0.25) is 4.98 Å². The Morgan fingerprint density at radius 3 is 2.58 bits per heavy atom. The molecule has 4 nitrogen and oxygen atoms in total. The van der Waals surface area contributed by atoms with E-state index in [4.69, 9.17) is 0 Å². The van der Waals surface area contributed by atoms with Crippen LogP contribution in [0.15, 0.2) is 12.1 Å². The molecule has 1 aliphatic carbocycles. The number of nitrogens with one attached hydrogen (secondary N) is 2. The predicted octanol–water partition coefficient (Wildman–Crippen LogP) is 3.04. The summed E-state index contributed by atoms with van der Waals surface area (Å²) in [6.45, 7) is 7.56. The van der Waals surface area contributed by atoms with Crippen LogP contribution in [0.5, 0.6) is 0 Å². The molecule has 2 aliphatic rings. The molecule has 2 N–H and O–H groups in total. The molecule has 7 heteroatoms. The first-order chi connectivity index (χ1) is 11.2. The lowest BCUT2D eigenvalue weighted by Gasteiger charge is -2.40. The fraction of sp³-hybridized carbons (Fsp3) is 0.706. The molecule has 0 amide bonds. The summed E-state index contributed by atoms with van der Waals surface area (Å²) < 4.78 is 41.6. The highest BCUT2D eigenvalue weighted by Gasteiger charge is 2.48. The van der Waals surface area contributed by atoms with Crippen molar-refractivity contribution in [1.29, 1.82) is 0 Å². The third-order valence-corrected chi connectivity index (χ3v) is 6.64. The topological polar surface area (TPSA) is 54.0 Å². The van der Waals surface area contributed by atoms with Crippen molar-refractivity contribution >= 4 is 11.0 Å². The monoisotopic (exact) mass is 357 g/mol. The molecule has 1 spiro atoms. The molecular weight excluding hydrogens is 332 g/mol. The van der Waals surface area contributed by atoms with Crippen LogP contribution in [0.4, 0.5) is 8.78 Å². The quantitative estimate of drug-likeness (QED) is 0.874. The molecule has 2 heterocycles. The smallest absolute Gasteiger partial charge is 0.280 e. The largest absolute Gasteiger partial charge is 0.317 e. The number of fused-ring (bicyclic) bond motifs is 1. The van der Waals surface area contributed by atoms with Gasteiger partial charge in [-0.2, -0.15) is 0 Å². The van der Waals surface area contributed by atoms with Gasteiger partial charge in [0, 0.05) is 5.69 Å². The van der Waals surface area contributed by atoms with E-state index < -0.39 is 17.4 Å². The highest BCUT2D eigenvalue weighted by Crippen LogP contribution is 2.51. The Morgan fingerprint density at radius 2 is 2.00 bits per heavy atom. The highest BCUT2D eigenvalue weighted by atomic mass is 32.2. The summed E-state index contributed by atoms with van der Waals surface area (Å²) in [4.78, 5) is 4.21. The van der Waals surface area contributed by atoms with E-state index in [1.54, 1.807) is 6.07 Å². The minimum Gasteiger partial charge on any atom is -0.317 e. The molecule has 0 saturated carbocycles. The van der Waals surface area contributed by atoms with E-state index >= 15 is 0 Å². The standard InChI is InChI=1S/C17H25F2N3OS/c1-16(2,3)24(23)22-14-11-4-5-12(15(18)19)21-13(11)10-17(14)6-8-20-9-7-17/h4-5,14-15,20,22H,6-10H2,1-3H3/t14-,24?/m1/s1. The van der Waals surface area contributed by atoms with Crippen molar-refractivity contribution < 1.29 is 13.0 Å². The summed E-state index contributed by atoms with van der Waals surface area (Å²) in [5.41, 5.74) is 1.40. The van der Waals surface area contributed by atoms with Gasteiger partial charge < -0.3 is 5.32 Å². The van der Waals surface area contributed by atoms with Crippen molar-refractivity contribution in [2.75, 3.05) is 13.1 Å². The first-order valence-electron chi connectivity index (χ1n) is 8.40. The highest BCUT2D eigenvalue weighted by molar-refractivity contribution is 7.84. The van der Waals surface area contributed by atoms with Gasteiger partial charge in [0.2, 0.25) is 0 Å². The van der Waals surface area contributed by atoms with E-state index in [-0.39, 0.29) is 21.9 Å². The number of alkyl halides is 2. The van der Waals surface area contributed by atoms with Crippen LogP contribution in [0.1, 0.15) is 63.0 Å². The summed E-state index contributed by atoms with van der Waals surface area (Å²) >= 11 is 0. The molecule has 1 fully saturated rings. The van der Waals surface area contributed by atoms with Crippen molar-refractivity contribution in [3.05, 3.63) is 29.1 Å². The van der Waals surface area contributed by atoms with Crippen LogP contribution in [0.2, 0.25) is 0 Å². The summed E-state index contributed by atoms with van der Waals surface area (Å²) in [7, 11) is -1.22. The van der Waals surface area contributed by atoms with E-state index in [0.29, 0.717) is 6.42 Å². The Morgan fingerprint density at radius 1 is 1.33 bits per heavy atom. The molecule has 134 valence electrons. The molecule has 0 aromatic carbocycles. The average molecular weight is 357 g/mol. The molecule has 2 atom stereocenters.